The number of aromatic nitrogens is 2. The van der Waals surface area contributed by atoms with E-state index in [1.807, 2.05) is 11.8 Å². The second kappa shape index (κ2) is 10.7. The monoisotopic (exact) mass is 447 g/mol. The van der Waals surface area contributed by atoms with Gasteiger partial charge in [-0.3, -0.25) is 19.1 Å². The number of anilines is 2. The van der Waals surface area contributed by atoms with E-state index in [9.17, 15) is 14.4 Å². The van der Waals surface area contributed by atoms with Crippen molar-refractivity contribution in [1.82, 2.24) is 14.5 Å². The molecule has 0 spiro atoms. The Bertz CT molecular complexity index is 1010. The van der Waals surface area contributed by atoms with Crippen LogP contribution in [0.25, 0.3) is 0 Å². The lowest BCUT2D eigenvalue weighted by Crippen LogP contribution is -2.45. The molecule has 0 fully saturated rings. The quantitative estimate of drug-likeness (QED) is 0.545. The predicted octanol–water partition coefficient (Wildman–Crippen LogP) is 2.56. The molecule has 8 nitrogen and oxygen atoms in total. The molecule has 1 amide bonds. The number of hydrogen-bond acceptors (Lipinski definition) is 6. The van der Waals surface area contributed by atoms with Crippen LogP contribution >= 0.6 is 11.3 Å². The van der Waals surface area contributed by atoms with Crippen LogP contribution in [0.4, 0.5) is 11.5 Å². The molecule has 3 heterocycles. The van der Waals surface area contributed by atoms with Crippen LogP contribution in [0.3, 0.4) is 0 Å². The average Bonchev–Trinajstić information content (AvgIpc) is 3.21. The number of nitrogens with two attached hydrogens (primary N) is 1. The molecule has 9 heteroatoms. The Labute approximate surface area is 186 Å². The van der Waals surface area contributed by atoms with Crippen molar-refractivity contribution < 1.29 is 4.79 Å². The fourth-order valence-corrected chi connectivity index (χ4v) is 4.86. The summed E-state index contributed by atoms with van der Waals surface area (Å²) >= 11 is 1.73. The van der Waals surface area contributed by atoms with Gasteiger partial charge >= 0.3 is 5.69 Å². The van der Waals surface area contributed by atoms with Crippen LogP contribution in [0.5, 0.6) is 0 Å². The topological polar surface area (TPSA) is 104 Å². The van der Waals surface area contributed by atoms with Gasteiger partial charge in [-0.25, -0.2) is 4.79 Å². The Morgan fingerprint density at radius 1 is 1.23 bits per heavy atom. The molecule has 3 N–H and O–H groups in total. The van der Waals surface area contributed by atoms with Crippen molar-refractivity contribution in [2.75, 3.05) is 30.3 Å². The number of nitrogens with one attached hydrogen (secondary N) is 1. The average molecular weight is 448 g/mol. The molecule has 170 valence electrons. The first-order valence-corrected chi connectivity index (χ1v) is 12.0. The van der Waals surface area contributed by atoms with Crippen molar-refractivity contribution in [3.8, 4) is 0 Å². The zero-order chi connectivity index (χ0) is 22.4. The molecule has 3 rings (SSSR count). The molecule has 0 unspecified atom stereocenters. The highest BCUT2D eigenvalue weighted by Gasteiger charge is 2.26. The number of fused-ring (bicyclic) bond motifs is 1. The second-order valence-corrected chi connectivity index (χ2v) is 9.06. The Hall–Kier alpha value is -2.55. The summed E-state index contributed by atoms with van der Waals surface area (Å²) < 4.78 is 1.41. The number of H-pyrrole nitrogens is 1. The standard InChI is InChI=1S/C22H33N5O3S/c1-3-5-7-10-26(15-18(28)25-12-8-17-16(14-25)9-13-31-17)19-20(23)27(11-6-4-2)22(30)24-21(19)29/h9,13H,3-8,10-12,14-15,23H2,1-2H3,(H,24,29,30). The minimum absolute atomic E-state index is 0.0292. The molecule has 0 bridgehead atoms. The van der Waals surface area contributed by atoms with E-state index < -0.39 is 11.2 Å². The summed E-state index contributed by atoms with van der Waals surface area (Å²) in [6.07, 6.45) is 5.39. The lowest BCUT2D eigenvalue weighted by Gasteiger charge is -2.31. The number of thiophene rings is 1. The number of unbranched alkanes of at least 4 members (excludes halogenated alkanes) is 3. The molecule has 0 aliphatic carbocycles. The third-order valence-corrected chi connectivity index (χ3v) is 6.81. The van der Waals surface area contributed by atoms with Crippen LogP contribution in [0.15, 0.2) is 21.0 Å². The maximum Gasteiger partial charge on any atom is 0.330 e. The first kappa shape index (κ1) is 23.1. The number of aromatic amines is 1. The molecule has 0 atom stereocenters. The molecule has 2 aromatic rings. The maximum atomic E-state index is 13.2. The zero-order valence-corrected chi connectivity index (χ0v) is 19.3. The number of nitrogen functional groups attached to an aromatic ring is 1. The van der Waals surface area contributed by atoms with Gasteiger partial charge in [0.15, 0.2) is 0 Å². The van der Waals surface area contributed by atoms with E-state index in [4.69, 9.17) is 5.73 Å². The van der Waals surface area contributed by atoms with Gasteiger partial charge in [-0.2, -0.15) is 0 Å². The Morgan fingerprint density at radius 2 is 2.00 bits per heavy atom. The molecule has 1 aliphatic heterocycles. The van der Waals surface area contributed by atoms with E-state index in [-0.39, 0.29) is 24.0 Å². The minimum atomic E-state index is -0.529. The lowest BCUT2D eigenvalue weighted by molar-refractivity contribution is -0.130. The van der Waals surface area contributed by atoms with E-state index in [0.29, 0.717) is 26.2 Å². The summed E-state index contributed by atoms with van der Waals surface area (Å²) in [4.78, 5) is 45.5. The van der Waals surface area contributed by atoms with Crippen molar-refractivity contribution in [2.45, 2.75) is 65.5 Å². The van der Waals surface area contributed by atoms with Crippen molar-refractivity contribution in [2.24, 2.45) is 0 Å². The van der Waals surface area contributed by atoms with Crippen molar-refractivity contribution in [1.29, 1.82) is 0 Å². The smallest absolute Gasteiger partial charge is 0.330 e. The van der Waals surface area contributed by atoms with E-state index in [0.717, 1.165) is 38.5 Å². The molecular formula is C22H33N5O3S. The summed E-state index contributed by atoms with van der Waals surface area (Å²) in [5, 5.41) is 2.06. The highest BCUT2D eigenvalue weighted by atomic mass is 32.1. The van der Waals surface area contributed by atoms with Gasteiger partial charge in [0, 0.05) is 31.1 Å². The molecule has 0 aromatic carbocycles. The van der Waals surface area contributed by atoms with Gasteiger partial charge in [0.05, 0.1) is 6.54 Å². The summed E-state index contributed by atoms with van der Waals surface area (Å²) in [6, 6.07) is 2.07. The zero-order valence-electron chi connectivity index (χ0n) is 18.5. The van der Waals surface area contributed by atoms with Crippen molar-refractivity contribution in [3.05, 3.63) is 42.7 Å². The van der Waals surface area contributed by atoms with Crippen LogP contribution < -0.4 is 21.9 Å². The van der Waals surface area contributed by atoms with Crippen LogP contribution in [-0.2, 0) is 24.3 Å². The van der Waals surface area contributed by atoms with Crippen LogP contribution in [0.2, 0.25) is 0 Å². The number of nitrogens with zero attached hydrogens (tertiary/aromatic N) is 3. The maximum absolute atomic E-state index is 13.2. The lowest BCUT2D eigenvalue weighted by atomic mass is 10.1. The van der Waals surface area contributed by atoms with Gasteiger partial charge in [-0.15, -0.1) is 11.3 Å². The van der Waals surface area contributed by atoms with Gasteiger partial charge in [0.1, 0.15) is 11.5 Å². The summed E-state index contributed by atoms with van der Waals surface area (Å²) in [6.45, 7) is 6.46. The van der Waals surface area contributed by atoms with Crippen molar-refractivity contribution in [3.63, 3.8) is 0 Å². The van der Waals surface area contributed by atoms with Gasteiger partial charge in [0.2, 0.25) is 5.91 Å². The van der Waals surface area contributed by atoms with Crippen LogP contribution in [0.1, 0.15) is 56.4 Å². The molecule has 2 aromatic heterocycles. The highest BCUT2D eigenvalue weighted by Crippen LogP contribution is 2.25. The van der Waals surface area contributed by atoms with E-state index in [2.05, 4.69) is 23.4 Å². The van der Waals surface area contributed by atoms with Crippen molar-refractivity contribution >= 4 is 28.7 Å². The van der Waals surface area contributed by atoms with E-state index in [1.165, 1.54) is 15.0 Å². The fraction of sp³-hybridized carbons (Fsp3) is 0.591. The molecule has 0 saturated heterocycles. The SMILES string of the molecule is CCCCCN(CC(=O)N1CCc2sccc2C1)c1c(N)n(CCCC)c(=O)[nH]c1=O. The fourth-order valence-electron chi connectivity index (χ4n) is 3.97. The molecular weight excluding hydrogens is 414 g/mol. The third-order valence-electron chi connectivity index (χ3n) is 5.78. The number of rotatable bonds is 10. The summed E-state index contributed by atoms with van der Waals surface area (Å²) in [5.41, 5.74) is 6.71. The number of amides is 1. The van der Waals surface area contributed by atoms with E-state index in [1.54, 1.807) is 16.2 Å². The molecule has 0 radical (unpaired) electrons. The summed E-state index contributed by atoms with van der Waals surface area (Å²) in [5.74, 6) is 0.115. The molecule has 31 heavy (non-hydrogen) atoms. The minimum Gasteiger partial charge on any atom is -0.383 e. The normalized spacial score (nSPS) is 13.3. The Morgan fingerprint density at radius 3 is 2.74 bits per heavy atom. The van der Waals surface area contributed by atoms with Gasteiger partial charge in [0.25, 0.3) is 5.56 Å². The van der Waals surface area contributed by atoms with Crippen LogP contribution in [-0.4, -0.2) is 40.0 Å². The second-order valence-electron chi connectivity index (χ2n) is 8.06. The largest absolute Gasteiger partial charge is 0.383 e. The first-order valence-electron chi connectivity index (χ1n) is 11.2. The molecule has 0 saturated carbocycles. The summed E-state index contributed by atoms with van der Waals surface area (Å²) in [7, 11) is 0. The number of carbonyl (C=O) groups is 1. The predicted molar refractivity (Wildman–Crippen MR) is 126 cm³/mol. The molecule has 1 aliphatic rings. The highest BCUT2D eigenvalue weighted by molar-refractivity contribution is 7.10. The first-order chi connectivity index (χ1) is 15.0. The number of hydrogen-bond donors (Lipinski definition) is 2. The van der Waals surface area contributed by atoms with Gasteiger partial charge in [-0.05, 0) is 36.3 Å². The van der Waals surface area contributed by atoms with Gasteiger partial charge < -0.3 is 15.5 Å². The van der Waals surface area contributed by atoms with E-state index >= 15 is 0 Å². The third kappa shape index (κ3) is 5.39. The number of carbonyl (C=O) groups excluding carboxylic acids is 1. The Balaban J connectivity index is 1.86. The van der Waals surface area contributed by atoms with Crippen LogP contribution in [0, 0.1) is 0 Å². The van der Waals surface area contributed by atoms with Gasteiger partial charge in [-0.1, -0.05) is 33.1 Å². The Kier molecular flexibility index (Phi) is 7.95.